The van der Waals surface area contributed by atoms with Gasteiger partial charge >= 0.3 is 5.97 Å². The molecule has 1 aromatic heterocycles. The van der Waals surface area contributed by atoms with E-state index >= 15 is 0 Å². The second-order valence-electron chi connectivity index (χ2n) is 5.49. The number of nitrogens with zero attached hydrogens (tertiary/aromatic N) is 1. The molecule has 25 heavy (non-hydrogen) atoms. The monoisotopic (exact) mass is 353 g/mol. The topological polar surface area (TPSA) is 72.6 Å². The summed E-state index contributed by atoms with van der Waals surface area (Å²) in [7, 11) is 0. The summed E-state index contributed by atoms with van der Waals surface area (Å²) in [6.45, 7) is -0.477. The Morgan fingerprint density at radius 1 is 1.08 bits per heavy atom. The van der Waals surface area contributed by atoms with Crippen LogP contribution < -0.4 is 4.74 Å². The van der Waals surface area contributed by atoms with Crippen LogP contribution in [0.3, 0.4) is 0 Å². The summed E-state index contributed by atoms with van der Waals surface area (Å²) in [6.07, 6.45) is 0. The maximum atomic E-state index is 10.7. The van der Waals surface area contributed by atoms with Crippen molar-refractivity contribution in [2.45, 2.75) is 0 Å². The number of hydrogen-bond acceptors (Lipinski definition) is 4. The average Bonchev–Trinajstić information content (AvgIpc) is 3.05. The van der Waals surface area contributed by atoms with Gasteiger partial charge in [0.2, 0.25) is 0 Å². The highest BCUT2D eigenvalue weighted by molar-refractivity contribution is 6.36. The number of ether oxygens (including phenoxy) is 1. The zero-order valence-electron chi connectivity index (χ0n) is 12.9. The summed E-state index contributed by atoms with van der Waals surface area (Å²) in [6, 6.07) is 17.4. The van der Waals surface area contributed by atoms with Crippen LogP contribution in [0.25, 0.3) is 33.0 Å². The van der Waals surface area contributed by atoms with E-state index in [0.717, 1.165) is 21.7 Å². The van der Waals surface area contributed by atoms with E-state index in [0.29, 0.717) is 11.3 Å². The van der Waals surface area contributed by atoms with Crippen molar-refractivity contribution < 1.29 is 19.2 Å². The van der Waals surface area contributed by atoms with Crippen LogP contribution in [0, 0.1) is 0 Å². The highest BCUT2D eigenvalue weighted by Crippen LogP contribution is 2.39. The average molecular weight is 354 g/mol. The Morgan fingerprint density at radius 3 is 2.72 bits per heavy atom. The van der Waals surface area contributed by atoms with Gasteiger partial charge in [0.05, 0.1) is 5.39 Å². The molecule has 0 atom stereocenters. The van der Waals surface area contributed by atoms with E-state index in [1.807, 2.05) is 42.5 Å². The molecule has 0 aliphatic heterocycles. The van der Waals surface area contributed by atoms with Crippen LogP contribution in [-0.2, 0) is 4.79 Å². The van der Waals surface area contributed by atoms with E-state index in [2.05, 4.69) is 5.16 Å². The van der Waals surface area contributed by atoms with Crippen molar-refractivity contribution in [2.24, 2.45) is 0 Å². The second kappa shape index (κ2) is 6.11. The third-order valence-electron chi connectivity index (χ3n) is 3.94. The Morgan fingerprint density at radius 2 is 1.88 bits per heavy atom. The lowest BCUT2D eigenvalue weighted by atomic mass is 10.0. The van der Waals surface area contributed by atoms with Gasteiger partial charge in [0.1, 0.15) is 16.5 Å². The number of hydrogen-bond donors (Lipinski definition) is 1. The fourth-order valence-corrected chi connectivity index (χ4v) is 3.09. The molecule has 4 aromatic rings. The molecule has 0 amide bonds. The second-order valence-corrected chi connectivity index (χ2v) is 5.87. The fourth-order valence-electron chi connectivity index (χ4n) is 2.83. The number of carbonyl (C=O) groups is 1. The number of fused-ring (bicyclic) bond motifs is 2. The lowest BCUT2D eigenvalue weighted by Gasteiger charge is -2.06. The fraction of sp³-hybridized carbons (Fsp3) is 0.0526. The number of halogens is 1. The van der Waals surface area contributed by atoms with Crippen molar-refractivity contribution in [3.63, 3.8) is 0 Å². The molecule has 0 spiro atoms. The summed E-state index contributed by atoms with van der Waals surface area (Å²) in [4.78, 5) is 10.7. The number of benzene rings is 3. The molecule has 5 nitrogen and oxygen atoms in total. The minimum atomic E-state index is -1.08. The lowest BCUT2D eigenvalue weighted by molar-refractivity contribution is -0.139. The summed E-state index contributed by atoms with van der Waals surface area (Å²) in [5.74, 6) is -0.831. The van der Waals surface area contributed by atoms with Crippen LogP contribution in [0.1, 0.15) is 0 Å². The van der Waals surface area contributed by atoms with Crippen molar-refractivity contribution in [1.82, 2.24) is 5.16 Å². The van der Waals surface area contributed by atoms with E-state index in [1.54, 1.807) is 12.1 Å². The van der Waals surface area contributed by atoms with Crippen LogP contribution in [-0.4, -0.2) is 22.8 Å². The van der Waals surface area contributed by atoms with Gasteiger partial charge in [-0.25, -0.2) is 4.79 Å². The molecule has 0 bridgehead atoms. The van der Waals surface area contributed by atoms with Crippen molar-refractivity contribution in [3.8, 4) is 17.0 Å². The number of carboxylic acids is 1. The Kier molecular flexibility index (Phi) is 3.78. The first-order valence-electron chi connectivity index (χ1n) is 7.56. The number of aromatic nitrogens is 1. The van der Waals surface area contributed by atoms with Gasteiger partial charge in [0.15, 0.2) is 12.2 Å². The van der Waals surface area contributed by atoms with Crippen LogP contribution in [0.2, 0.25) is 5.02 Å². The third kappa shape index (κ3) is 2.68. The summed E-state index contributed by atoms with van der Waals surface area (Å²) in [5, 5.41) is 16.0. The van der Waals surface area contributed by atoms with Crippen molar-refractivity contribution in [1.29, 1.82) is 0 Å². The quantitative estimate of drug-likeness (QED) is 0.572. The molecule has 0 aliphatic rings. The molecular formula is C19H12ClNO4. The molecule has 0 aliphatic carbocycles. The SMILES string of the molecule is O=C(O)COc1ccc2c(-c3cccc4ccccc34)noc2c1Cl. The van der Waals surface area contributed by atoms with E-state index in [1.165, 1.54) is 0 Å². The zero-order valence-corrected chi connectivity index (χ0v) is 13.7. The molecule has 3 aromatic carbocycles. The predicted molar refractivity (Wildman–Crippen MR) is 95.1 cm³/mol. The summed E-state index contributed by atoms with van der Waals surface area (Å²) in [5.41, 5.74) is 1.98. The molecule has 1 N–H and O–H groups in total. The Bertz CT molecular complexity index is 1100. The molecule has 0 radical (unpaired) electrons. The van der Waals surface area contributed by atoms with E-state index in [-0.39, 0.29) is 10.8 Å². The smallest absolute Gasteiger partial charge is 0.341 e. The van der Waals surface area contributed by atoms with Gasteiger partial charge < -0.3 is 14.4 Å². The number of carboxylic acid groups (broad SMARTS) is 1. The maximum absolute atomic E-state index is 10.7. The minimum absolute atomic E-state index is 0.206. The van der Waals surface area contributed by atoms with Crippen molar-refractivity contribution >= 4 is 39.3 Å². The standard InChI is InChI=1S/C19H12ClNO4/c20-17-15(24-10-16(22)23)9-8-14-18(21-25-19(14)17)13-7-3-5-11-4-1-2-6-12(11)13/h1-9H,10H2,(H,22,23). The zero-order chi connectivity index (χ0) is 17.4. The van der Waals surface area contributed by atoms with Crippen LogP contribution in [0.4, 0.5) is 0 Å². The van der Waals surface area contributed by atoms with E-state index < -0.39 is 12.6 Å². The summed E-state index contributed by atoms with van der Waals surface area (Å²) < 4.78 is 10.6. The van der Waals surface area contributed by atoms with Crippen LogP contribution >= 0.6 is 11.6 Å². The Hall–Kier alpha value is -3.05. The highest BCUT2D eigenvalue weighted by atomic mass is 35.5. The first-order chi connectivity index (χ1) is 12.1. The van der Waals surface area contributed by atoms with Gasteiger partial charge in [-0.1, -0.05) is 59.2 Å². The van der Waals surface area contributed by atoms with Gasteiger partial charge in [0, 0.05) is 5.56 Å². The molecule has 0 saturated carbocycles. The molecule has 0 saturated heterocycles. The van der Waals surface area contributed by atoms with Gasteiger partial charge in [-0.3, -0.25) is 0 Å². The van der Waals surface area contributed by atoms with Crippen LogP contribution in [0.5, 0.6) is 5.75 Å². The molecule has 4 rings (SSSR count). The Labute approximate surface area is 147 Å². The maximum Gasteiger partial charge on any atom is 0.341 e. The van der Waals surface area contributed by atoms with Crippen LogP contribution in [0.15, 0.2) is 59.1 Å². The molecule has 0 unspecified atom stereocenters. The van der Waals surface area contributed by atoms with Gasteiger partial charge in [-0.15, -0.1) is 0 Å². The third-order valence-corrected chi connectivity index (χ3v) is 4.30. The minimum Gasteiger partial charge on any atom is -0.480 e. The normalized spacial score (nSPS) is 11.1. The van der Waals surface area contributed by atoms with Gasteiger partial charge in [-0.2, -0.15) is 0 Å². The lowest BCUT2D eigenvalue weighted by Crippen LogP contribution is -2.09. The molecule has 6 heteroatoms. The van der Waals surface area contributed by atoms with Gasteiger partial charge in [-0.05, 0) is 22.9 Å². The van der Waals surface area contributed by atoms with Crippen molar-refractivity contribution in [2.75, 3.05) is 6.61 Å². The van der Waals surface area contributed by atoms with Gasteiger partial charge in [0.25, 0.3) is 0 Å². The molecule has 0 fully saturated rings. The molecular weight excluding hydrogens is 342 g/mol. The molecule has 1 heterocycles. The first kappa shape index (κ1) is 15.5. The van der Waals surface area contributed by atoms with E-state index in [4.69, 9.17) is 26.0 Å². The highest BCUT2D eigenvalue weighted by Gasteiger charge is 2.18. The number of rotatable bonds is 4. The number of aliphatic carboxylic acids is 1. The van der Waals surface area contributed by atoms with Crippen molar-refractivity contribution in [3.05, 3.63) is 59.6 Å². The predicted octanol–water partition coefficient (Wildman–Crippen LogP) is 4.76. The Balaban J connectivity index is 1.86. The summed E-state index contributed by atoms with van der Waals surface area (Å²) >= 11 is 6.29. The molecule has 124 valence electrons. The van der Waals surface area contributed by atoms with E-state index in [9.17, 15) is 4.79 Å². The first-order valence-corrected chi connectivity index (χ1v) is 7.93. The largest absolute Gasteiger partial charge is 0.480 e.